The Labute approximate surface area is 77.2 Å². The predicted octanol–water partition coefficient (Wildman–Crippen LogP) is 0.996. The van der Waals surface area contributed by atoms with Gasteiger partial charge >= 0.3 is 0 Å². The summed E-state index contributed by atoms with van der Waals surface area (Å²) in [6.07, 6.45) is -0.375. The van der Waals surface area contributed by atoms with Crippen molar-refractivity contribution in [3.05, 3.63) is 35.1 Å². The van der Waals surface area contributed by atoms with E-state index in [9.17, 15) is 9.50 Å². The molecule has 0 aliphatic heterocycles. The lowest BCUT2D eigenvalue weighted by atomic mass is 10.1. The fourth-order valence-electron chi connectivity index (χ4n) is 1.16. The van der Waals surface area contributed by atoms with Gasteiger partial charge in [-0.25, -0.2) is 4.39 Å². The maximum atomic E-state index is 13.2. The average molecular weight is 183 g/mol. The number of aliphatic hydroxyl groups is 1. The Morgan fingerprint density at radius 1 is 1.54 bits per heavy atom. The minimum atomic E-state index is -0.655. The third-order valence-electron chi connectivity index (χ3n) is 1.94. The van der Waals surface area contributed by atoms with Gasteiger partial charge in [-0.05, 0) is 24.1 Å². The summed E-state index contributed by atoms with van der Waals surface area (Å²) in [7, 11) is 0. The molecule has 1 atom stereocenters. The largest absolute Gasteiger partial charge is 0.391 e. The van der Waals surface area contributed by atoms with Crippen molar-refractivity contribution < 1.29 is 9.50 Å². The maximum Gasteiger partial charge on any atom is 0.126 e. The molecule has 1 unspecified atom stereocenters. The van der Waals surface area contributed by atoms with E-state index in [1.165, 1.54) is 6.07 Å². The van der Waals surface area contributed by atoms with Crippen LogP contribution in [0, 0.1) is 12.7 Å². The van der Waals surface area contributed by atoms with Gasteiger partial charge in [0.2, 0.25) is 0 Å². The van der Waals surface area contributed by atoms with E-state index < -0.39 is 6.10 Å². The summed E-state index contributed by atoms with van der Waals surface area (Å²) in [5.41, 5.74) is 6.62. The van der Waals surface area contributed by atoms with Crippen LogP contribution in [0.25, 0.3) is 0 Å². The number of aliphatic hydroxyl groups excluding tert-OH is 1. The first-order valence-corrected chi connectivity index (χ1v) is 4.26. The topological polar surface area (TPSA) is 46.2 Å². The van der Waals surface area contributed by atoms with Crippen LogP contribution in [0.5, 0.6) is 0 Å². The first-order valence-electron chi connectivity index (χ1n) is 4.26. The van der Waals surface area contributed by atoms with E-state index in [0.29, 0.717) is 5.56 Å². The lowest BCUT2D eigenvalue weighted by Gasteiger charge is -2.08. The quantitative estimate of drug-likeness (QED) is 0.734. The molecule has 3 N–H and O–H groups in total. The van der Waals surface area contributed by atoms with Gasteiger partial charge in [0.1, 0.15) is 5.82 Å². The van der Waals surface area contributed by atoms with Crippen LogP contribution < -0.4 is 5.73 Å². The molecule has 0 fully saturated rings. The van der Waals surface area contributed by atoms with Crippen LogP contribution in [0.2, 0.25) is 0 Å². The lowest BCUT2D eigenvalue weighted by Crippen LogP contribution is -2.22. The number of hydrogen-bond acceptors (Lipinski definition) is 2. The number of aryl methyl sites for hydroxylation is 1. The van der Waals surface area contributed by atoms with E-state index in [0.717, 1.165) is 5.56 Å². The standard InChI is InChI=1S/C10H14FNO/c1-7-2-3-8(10(11)4-7)5-9(13)6-12/h2-4,9,13H,5-6,12H2,1H3. The number of benzene rings is 1. The number of halogens is 1. The van der Waals surface area contributed by atoms with Gasteiger partial charge in [0.25, 0.3) is 0 Å². The Hall–Kier alpha value is -0.930. The molecule has 0 heterocycles. The Morgan fingerprint density at radius 2 is 2.23 bits per heavy atom. The molecule has 0 spiro atoms. The Kier molecular flexibility index (Phi) is 3.39. The highest BCUT2D eigenvalue weighted by molar-refractivity contribution is 5.23. The van der Waals surface area contributed by atoms with Gasteiger partial charge < -0.3 is 10.8 Å². The molecule has 1 aromatic carbocycles. The lowest BCUT2D eigenvalue weighted by molar-refractivity contribution is 0.182. The van der Waals surface area contributed by atoms with E-state index in [4.69, 9.17) is 5.73 Å². The molecule has 1 rings (SSSR count). The Balaban J connectivity index is 2.77. The third-order valence-corrected chi connectivity index (χ3v) is 1.94. The van der Waals surface area contributed by atoms with Crippen LogP contribution in [0.1, 0.15) is 11.1 Å². The summed E-state index contributed by atoms with van der Waals surface area (Å²) in [5, 5.41) is 9.21. The second kappa shape index (κ2) is 4.35. The van der Waals surface area contributed by atoms with Crippen molar-refractivity contribution in [1.82, 2.24) is 0 Å². The maximum absolute atomic E-state index is 13.2. The van der Waals surface area contributed by atoms with Crippen molar-refractivity contribution in [3.63, 3.8) is 0 Å². The van der Waals surface area contributed by atoms with Gasteiger partial charge in [0.15, 0.2) is 0 Å². The zero-order chi connectivity index (χ0) is 9.84. The van der Waals surface area contributed by atoms with E-state index in [2.05, 4.69) is 0 Å². The van der Waals surface area contributed by atoms with Crippen LogP contribution in [0.15, 0.2) is 18.2 Å². The molecule has 72 valence electrons. The summed E-state index contributed by atoms with van der Waals surface area (Å²) in [4.78, 5) is 0. The Bertz CT molecular complexity index is 288. The smallest absolute Gasteiger partial charge is 0.126 e. The van der Waals surface area contributed by atoms with Gasteiger partial charge in [-0.3, -0.25) is 0 Å². The van der Waals surface area contributed by atoms with Gasteiger partial charge in [-0.15, -0.1) is 0 Å². The van der Waals surface area contributed by atoms with Crippen molar-refractivity contribution in [2.75, 3.05) is 6.54 Å². The SMILES string of the molecule is Cc1ccc(CC(O)CN)c(F)c1. The molecular formula is C10H14FNO. The van der Waals surface area contributed by atoms with Crippen LogP contribution in [0.4, 0.5) is 4.39 Å². The second-order valence-electron chi connectivity index (χ2n) is 3.19. The molecule has 2 nitrogen and oxygen atoms in total. The van der Waals surface area contributed by atoms with Gasteiger partial charge in [0.05, 0.1) is 6.10 Å². The highest BCUT2D eigenvalue weighted by Crippen LogP contribution is 2.11. The number of hydrogen-bond donors (Lipinski definition) is 2. The molecule has 1 aromatic rings. The molecule has 3 heteroatoms. The van der Waals surface area contributed by atoms with Gasteiger partial charge in [0, 0.05) is 13.0 Å². The molecule has 0 aromatic heterocycles. The monoisotopic (exact) mass is 183 g/mol. The zero-order valence-electron chi connectivity index (χ0n) is 7.63. The van der Waals surface area contributed by atoms with Crippen LogP contribution in [-0.4, -0.2) is 17.8 Å². The highest BCUT2D eigenvalue weighted by atomic mass is 19.1. The summed E-state index contributed by atoms with van der Waals surface area (Å²) in [5.74, 6) is -0.271. The minimum Gasteiger partial charge on any atom is -0.391 e. The fourth-order valence-corrected chi connectivity index (χ4v) is 1.16. The summed E-state index contributed by atoms with van der Waals surface area (Å²) < 4.78 is 13.2. The first kappa shape index (κ1) is 10.2. The zero-order valence-corrected chi connectivity index (χ0v) is 7.63. The van der Waals surface area contributed by atoms with Gasteiger partial charge in [-0.2, -0.15) is 0 Å². The molecule has 0 amide bonds. The van der Waals surface area contributed by atoms with E-state index in [1.807, 2.05) is 13.0 Å². The Morgan fingerprint density at radius 3 is 2.77 bits per heavy atom. The molecule has 0 aliphatic rings. The number of rotatable bonds is 3. The molecule has 0 aliphatic carbocycles. The number of nitrogens with two attached hydrogens (primary N) is 1. The summed E-state index contributed by atoms with van der Waals surface area (Å²) in [6.45, 7) is 1.99. The van der Waals surface area contributed by atoms with E-state index >= 15 is 0 Å². The second-order valence-corrected chi connectivity index (χ2v) is 3.19. The molecule has 0 saturated heterocycles. The van der Waals surface area contributed by atoms with Crippen molar-refractivity contribution in [3.8, 4) is 0 Å². The molecule has 0 bridgehead atoms. The van der Waals surface area contributed by atoms with E-state index in [1.54, 1.807) is 6.07 Å². The normalized spacial score (nSPS) is 12.9. The van der Waals surface area contributed by atoms with Crippen LogP contribution in [0.3, 0.4) is 0 Å². The van der Waals surface area contributed by atoms with Crippen LogP contribution >= 0.6 is 0 Å². The predicted molar refractivity (Wildman–Crippen MR) is 49.9 cm³/mol. The van der Waals surface area contributed by atoms with Crippen molar-refractivity contribution >= 4 is 0 Å². The minimum absolute atomic E-state index is 0.160. The summed E-state index contributed by atoms with van der Waals surface area (Å²) in [6, 6.07) is 4.96. The summed E-state index contributed by atoms with van der Waals surface area (Å²) >= 11 is 0. The van der Waals surface area contributed by atoms with Crippen molar-refractivity contribution in [2.45, 2.75) is 19.4 Å². The molecule has 13 heavy (non-hydrogen) atoms. The van der Waals surface area contributed by atoms with Crippen LogP contribution in [-0.2, 0) is 6.42 Å². The van der Waals surface area contributed by atoms with Crippen molar-refractivity contribution in [2.24, 2.45) is 5.73 Å². The average Bonchev–Trinajstić information content (AvgIpc) is 2.09. The first-order chi connectivity index (χ1) is 6.13. The van der Waals surface area contributed by atoms with E-state index in [-0.39, 0.29) is 18.8 Å². The van der Waals surface area contributed by atoms with Crippen molar-refractivity contribution in [1.29, 1.82) is 0 Å². The third kappa shape index (κ3) is 2.79. The molecular weight excluding hydrogens is 169 g/mol. The molecule has 0 saturated carbocycles. The van der Waals surface area contributed by atoms with Gasteiger partial charge in [-0.1, -0.05) is 12.1 Å². The highest BCUT2D eigenvalue weighted by Gasteiger charge is 2.07. The fraction of sp³-hybridized carbons (Fsp3) is 0.400. The molecule has 0 radical (unpaired) electrons.